The molecule has 0 amide bonds. The number of aliphatic hydroxyl groups excluding tert-OH is 2. The van der Waals surface area contributed by atoms with E-state index < -0.39 is 0 Å². The molecule has 0 atom stereocenters. The molecule has 74 valence electrons. The lowest BCUT2D eigenvalue weighted by Crippen LogP contribution is -2.37. The van der Waals surface area contributed by atoms with Gasteiger partial charge in [-0.25, -0.2) is 0 Å². The van der Waals surface area contributed by atoms with Gasteiger partial charge in [0.15, 0.2) is 0 Å². The molecular weight excluding hydrogens is 168 g/mol. The van der Waals surface area contributed by atoms with Crippen LogP contribution in [0.3, 0.4) is 0 Å². The van der Waals surface area contributed by atoms with Gasteiger partial charge in [-0.2, -0.15) is 0 Å². The molecule has 4 nitrogen and oxygen atoms in total. The molecule has 0 aliphatic rings. The first kappa shape index (κ1) is 10.2. The lowest BCUT2D eigenvalue weighted by molar-refractivity contribution is 0.0867. The van der Waals surface area contributed by atoms with Crippen molar-refractivity contribution in [2.75, 3.05) is 20.3 Å². The second-order valence-electron chi connectivity index (χ2n) is 3.13. The summed E-state index contributed by atoms with van der Waals surface area (Å²) in [6, 6.07) is 3.72. The molecule has 1 heterocycles. The van der Waals surface area contributed by atoms with Crippen molar-refractivity contribution in [3.8, 4) is 0 Å². The number of aromatic nitrogens is 1. The average Bonchev–Trinajstić information content (AvgIpc) is 2.59. The topological polar surface area (TPSA) is 59.5 Å². The molecule has 0 spiro atoms. The summed E-state index contributed by atoms with van der Waals surface area (Å²) in [7, 11) is 1.87. The van der Waals surface area contributed by atoms with Crippen LogP contribution in [0.1, 0.15) is 5.69 Å². The number of H-pyrrole nitrogens is 1. The van der Waals surface area contributed by atoms with Crippen LogP contribution in [0.5, 0.6) is 0 Å². The molecule has 0 fully saturated rings. The highest BCUT2D eigenvalue weighted by molar-refractivity contribution is 5.03. The Morgan fingerprint density at radius 3 is 2.62 bits per heavy atom. The number of rotatable bonds is 5. The van der Waals surface area contributed by atoms with Crippen LogP contribution < -0.4 is 0 Å². The summed E-state index contributed by atoms with van der Waals surface area (Å²) >= 11 is 0. The highest BCUT2D eigenvalue weighted by Gasteiger charge is 2.12. The van der Waals surface area contributed by atoms with Gasteiger partial charge in [0.1, 0.15) is 0 Å². The van der Waals surface area contributed by atoms with E-state index in [2.05, 4.69) is 4.98 Å². The Morgan fingerprint density at radius 1 is 1.46 bits per heavy atom. The molecule has 1 aromatic heterocycles. The van der Waals surface area contributed by atoms with Gasteiger partial charge in [-0.1, -0.05) is 0 Å². The fourth-order valence-corrected chi connectivity index (χ4v) is 1.20. The van der Waals surface area contributed by atoms with Gasteiger partial charge in [-0.3, -0.25) is 4.90 Å². The number of nitrogens with one attached hydrogen (secondary N) is 1. The van der Waals surface area contributed by atoms with Gasteiger partial charge in [0.2, 0.25) is 0 Å². The summed E-state index contributed by atoms with van der Waals surface area (Å²) in [5, 5.41) is 17.8. The molecule has 4 heteroatoms. The molecule has 1 rings (SSSR count). The van der Waals surface area contributed by atoms with Crippen molar-refractivity contribution in [2.45, 2.75) is 12.6 Å². The second kappa shape index (κ2) is 5.01. The van der Waals surface area contributed by atoms with Crippen LogP contribution >= 0.6 is 0 Å². The van der Waals surface area contributed by atoms with Gasteiger partial charge in [-0.15, -0.1) is 0 Å². The summed E-state index contributed by atoms with van der Waals surface area (Å²) in [5.74, 6) is 0. The third-order valence-corrected chi connectivity index (χ3v) is 2.13. The van der Waals surface area contributed by atoms with E-state index in [-0.39, 0.29) is 19.3 Å². The van der Waals surface area contributed by atoms with E-state index >= 15 is 0 Å². The number of nitrogens with zero attached hydrogens (tertiary/aromatic N) is 1. The fourth-order valence-electron chi connectivity index (χ4n) is 1.20. The third-order valence-electron chi connectivity index (χ3n) is 2.13. The van der Waals surface area contributed by atoms with Gasteiger partial charge in [0.25, 0.3) is 0 Å². The summed E-state index contributed by atoms with van der Waals surface area (Å²) in [6.07, 6.45) is 1.86. The molecule has 1 aromatic rings. The summed E-state index contributed by atoms with van der Waals surface area (Å²) in [4.78, 5) is 4.97. The maximum atomic E-state index is 8.91. The van der Waals surface area contributed by atoms with E-state index in [9.17, 15) is 0 Å². The van der Waals surface area contributed by atoms with Crippen molar-refractivity contribution in [3.05, 3.63) is 24.0 Å². The van der Waals surface area contributed by atoms with Crippen molar-refractivity contribution in [1.82, 2.24) is 9.88 Å². The number of hydrogen-bond donors (Lipinski definition) is 3. The molecule has 0 bridgehead atoms. The zero-order valence-electron chi connectivity index (χ0n) is 7.77. The first-order valence-electron chi connectivity index (χ1n) is 4.32. The standard InChI is InChI=1S/C9H16N2O2/c1-11(9(6-12)7-13)5-8-3-2-4-10-8/h2-4,9-10,12-13H,5-7H2,1H3. The Morgan fingerprint density at radius 2 is 2.15 bits per heavy atom. The highest BCUT2D eigenvalue weighted by atomic mass is 16.3. The largest absolute Gasteiger partial charge is 0.395 e. The van der Waals surface area contributed by atoms with E-state index in [1.54, 1.807) is 0 Å². The van der Waals surface area contributed by atoms with Gasteiger partial charge < -0.3 is 15.2 Å². The minimum absolute atomic E-state index is 0.0201. The van der Waals surface area contributed by atoms with Crippen LogP contribution in [0.15, 0.2) is 18.3 Å². The second-order valence-corrected chi connectivity index (χ2v) is 3.13. The van der Waals surface area contributed by atoms with E-state index in [0.29, 0.717) is 6.54 Å². The van der Waals surface area contributed by atoms with Gasteiger partial charge >= 0.3 is 0 Å². The zero-order chi connectivity index (χ0) is 9.68. The Bertz CT molecular complexity index is 220. The predicted molar refractivity (Wildman–Crippen MR) is 50.2 cm³/mol. The highest BCUT2D eigenvalue weighted by Crippen LogP contribution is 2.03. The van der Waals surface area contributed by atoms with Crippen LogP contribution in [-0.4, -0.2) is 46.4 Å². The SMILES string of the molecule is CN(Cc1ccc[nH]1)C(CO)CO. The van der Waals surface area contributed by atoms with E-state index in [1.165, 1.54) is 0 Å². The van der Waals surface area contributed by atoms with E-state index in [0.717, 1.165) is 5.69 Å². The van der Waals surface area contributed by atoms with Crippen LogP contribution in [0, 0.1) is 0 Å². The normalized spacial score (nSPS) is 11.5. The molecule has 0 saturated carbocycles. The minimum atomic E-state index is -0.178. The Labute approximate surface area is 77.8 Å². The first-order valence-corrected chi connectivity index (χ1v) is 4.32. The molecule has 0 radical (unpaired) electrons. The quantitative estimate of drug-likeness (QED) is 0.594. The molecule has 0 unspecified atom stereocenters. The van der Waals surface area contributed by atoms with Crippen molar-refractivity contribution >= 4 is 0 Å². The Balaban J connectivity index is 2.44. The van der Waals surface area contributed by atoms with E-state index in [1.807, 2.05) is 30.3 Å². The van der Waals surface area contributed by atoms with Crippen molar-refractivity contribution in [2.24, 2.45) is 0 Å². The minimum Gasteiger partial charge on any atom is -0.395 e. The molecule has 0 saturated heterocycles. The van der Waals surface area contributed by atoms with Crippen molar-refractivity contribution in [3.63, 3.8) is 0 Å². The Kier molecular flexibility index (Phi) is 3.95. The van der Waals surface area contributed by atoms with Gasteiger partial charge in [0, 0.05) is 18.4 Å². The monoisotopic (exact) mass is 184 g/mol. The van der Waals surface area contributed by atoms with Crippen LogP contribution in [0.4, 0.5) is 0 Å². The molecule has 0 aliphatic carbocycles. The number of aliphatic hydroxyl groups is 2. The Hall–Kier alpha value is -0.840. The third kappa shape index (κ3) is 2.84. The van der Waals surface area contributed by atoms with Crippen molar-refractivity contribution < 1.29 is 10.2 Å². The molecule has 3 N–H and O–H groups in total. The number of aromatic amines is 1. The zero-order valence-corrected chi connectivity index (χ0v) is 7.77. The van der Waals surface area contributed by atoms with E-state index in [4.69, 9.17) is 10.2 Å². The number of likely N-dealkylation sites (N-methyl/N-ethyl adjacent to an activating group) is 1. The lowest BCUT2D eigenvalue weighted by Gasteiger charge is -2.23. The first-order chi connectivity index (χ1) is 6.27. The summed E-state index contributed by atoms with van der Waals surface area (Å²) < 4.78 is 0. The predicted octanol–water partition coefficient (Wildman–Crippen LogP) is -0.200. The fraction of sp³-hybridized carbons (Fsp3) is 0.556. The maximum Gasteiger partial charge on any atom is 0.0609 e. The van der Waals surface area contributed by atoms with Gasteiger partial charge in [-0.05, 0) is 19.2 Å². The summed E-state index contributed by atoms with van der Waals surface area (Å²) in [6.45, 7) is 0.667. The lowest BCUT2D eigenvalue weighted by atomic mass is 10.3. The smallest absolute Gasteiger partial charge is 0.0609 e. The average molecular weight is 184 g/mol. The molecule has 0 aliphatic heterocycles. The van der Waals surface area contributed by atoms with Crippen LogP contribution in [-0.2, 0) is 6.54 Å². The molecule has 13 heavy (non-hydrogen) atoms. The van der Waals surface area contributed by atoms with Gasteiger partial charge in [0.05, 0.1) is 19.3 Å². The molecule has 0 aromatic carbocycles. The van der Waals surface area contributed by atoms with Crippen molar-refractivity contribution in [1.29, 1.82) is 0 Å². The molecular formula is C9H16N2O2. The number of hydrogen-bond acceptors (Lipinski definition) is 3. The van der Waals surface area contributed by atoms with Crippen LogP contribution in [0.25, 0.3) is 0 Å². The maximum absolute atomic E-state index is 8.91. The van der Waals surface area contributed by atoms with Crippen LogP contribution in [0.2, 0.25) is 0 Å². The summed E-state index contributed by atoms with van der Waals surface area (Å²) in [5.41, 5.74) is 1.08.